The number of nitrogens with one attached hydrogen (secondary N) is 1. The van der Waals surface area contributed by atoms with E-state index in [1.54, 1.807) is 12.1 Å². The van der Waals surface area contributed by atoms with Gasteiger partial charge in [0.1, 0.15) is 16.7 Å². The molecule has 1 N–H and O–H groups in total. The molecule has 0 spiro atoms. The number of rotatable bonds is 4. The van der Waals surface area contributed by atoms with Crippen molar-refractivity contribution in [2.24, 2.45) is 0 Å². The summed E-state index contributed by atoms with van der Waals surface area (Å²) in [7, 11) is 0. The number of benzene rings is 6. The Morgan fingerprint density at radius 2 is 1.28 bits per heavy atom. The second-order valence-electron chi connectivity index (χ2n) is 9.45. The van der Waals surface area contributed by atoms with E-state index in [1.165, 1.54) is 0 Å². The van der Waals surface area contributed by atoms with E-state index in [-0.39, 0.29) is 29.7 Å². The van der Waals surface area contributed by atoms with Crippen molar-refractivity contribution in [3.8, 4) is 22.3 Å². The normalized spacial score (nSPS) is 13.4. The number of hydrogen-bond donors (Lipinski definition) is 1. The second kappa shape index (κ2) is 8.64. The van der Waals surface area contributed by atoms with Crippen LogP contribution in [0.1, 0.15) is 6.85 Å². The standard InChI is InChI=1S/C36H23NO2/c1-3-10-23(11-4-1)25-20-21-31-28(22-25)35-29(16-9-19-33(35)38-31)37-30-17-7-15-27-34-26(24-12-5-2-6-13-24)14-8-18-32(34)39-36(27)30/h1-22,37H/i2D,5D,6D,12D,13D. The summed E-state index contributed by atoms with van der Waals surface area (Å²) >= 11 is 0. The fourth-order valence-corrected chi connectivity index (χ4v) is 5.43. The lowest BCUT2D eigenvalue weighted by Crippen LogP contribution is -1.91. The topological polar surface area (TPSA) is 38.3 Å². The Hall–Kier alpha value is -5.28. The molecule has 8 rings (SSSR count). The second-order valence-corrected chi connectivity index (χ2v) is 9.45. The van der Waals surface area contributed by atoms with E-state index in [4.69, 9.17) is 15.7 Å². The first-order valence-corrected chi connectivity index (χ1v) is 12.7. The van der Waals surface area contributed by atoms with E-state index in [0.29, 0.717) is 22.1 Å². The van der Waals surface area contributed by atoms with E-state index in [0.717, 1.165) is 49.8 Å². The molecule has 0 radical (unpaired) electrons. The Morgan fingerprint density at radius 3 is 2.15 bits per heavy atom. The molecule has 0 bridgehead atoms. The lowest BCUT2D eigenvalue weighted by atomic mass is 9.99. The van der Waals surface area contributed by atoms with Gasteiger partial charge in [-0.2, -0.15) is 0 Å². The molecule has 184 valence electrons. The summed E-state index contributed by atoms with van der Waals surface area (Å²) in [4.78, 5) is 0. The van der Waals surface area contributed by atoms with Crippen LogP contribution >= 0.6 is 0 Å². The highest BCUT2D eigenvalue weighted by molar-refractivity contribution is 6.17. The lowest BCUT2D eigenvalue weighted by molar-refractivity contribution is 0.668. The third-order valence-corrected chi connectivity index (χ3v) is 7.16. The third-order valence-electron chi connectivity index (χ3n) is 7.16. The van der Waals surface area contributed by atoms with E-state index in [1.807, 2.05) is 66.7 Å². The summed E-state index contributed by atoms with van der Waals surface area (Å²) in [5.41, 5.74) is 7.16. The minimum absolute atomic E-state index is 0.145. The molecule has 2 aromatic heterocycles. The van der Waals surface area contributed by atoms with Crippen molar-refractivity contribution >= 4 is 55.3 Å². The predicted octanol–water partition coefficient (Wildman–Crippen LogP) is 10.6. The highest BCUT2D eigenvalue weighted by Crippen LogP contribution is 2.42. The molecule has 39 heavy (non-hydrogen) atoms. The van der Waals surface area contributed by atoms with Gasteiger partial charge in [0.25, 0.3) is 0 Å². The van der Waals surface area contributed by atoms with Crippen LogP contribution in [0, 0.1) is 0 Å². The molecular weight excluding hydrogens is 478 g/mol. The van der Waals surface area contributed by atoms with Crippen molar-refractivity contribution in [1.82, 2.24) is 0 Å². The Labute approximate surface area is 231 Å². The van der Waals surface area contributed by atoms with Gasteiger partial charge < -0.3 is 14.2 Å². The smallest absolute Gasteiger partial charge is 0.158 e. The first-order chi connectivity index (χ1) is 21.4. The Morgan fingerprint density at radius 1 is 0.513 bits per heavy atom. The summed E-state index contributed by atoms with van der Waals surface area (Å²) < 4.78 is 54.2. The van der Waals surface area contributed by atoms with Gasteiger partial charge in [-0.3, -0.25) is 0 Å². The fraction of sp³-hybridized carbons (Fsp3) is 0. The maximum Gasteiger partial charge on any atom is 0.158 e. The van der Waals surface area contributed by atoms with E-state index in [9.17, 15) is 0 Å². The molecule has 0 aliphatic heterocycles. The Balaban J connectivity index is 1.31. The molecule has 0 saturated heterocycles. The monoisotopic (exact) mass is 506 g/mol. The molecule has 0 fully saturated rings. The van der Waals surface area contributed by atoms with Crippen molar-refractivity contribution in [3.63, 3.8) is 0 Å². The van der Waals surface area contributed by atoms with Crippen LogP contribution in [0.2, 0.25) is 0 Å². The van der Waals surface area contributed by atoms with Crippen LogP contribution in [-0.2, 0) is 0 Å². The van der Waals surface area contributed by atoms with Gasteiger partial charge in [0.2, 0.25) is 0 Å². The maximum atomic E-state index is 8.57. The average Bonchev–Trinajstić information content (AvgIpc) is 3.63. The van der Waals surface area contributed by atoms with Crippen LogP contribution in [0.3, 0.4) is 0 Å². The van der Waals surface area contributed by atoms with Crippen LogP contribution in [-0.4, -0.2) is 0 Å². The number of hydrogen-bond acceptors (Lipinski definition) is 3. The SMILES string of the molecule is [2H]c1c([2H])c([2H])c(-c2cccc3oc4c(Nc5cccc6oc7ccc(-c8ccccc8)cc7c56)cccc4c23)c([2H])c1[2H]. The summed E-state index contributed by atoms with van der Waals surface area (Å²) in [5.74, 6) is 0. The number of anilines is 2. The van der Waals surface area contributed by atoms with E-state index < -0.39 is 6.04 Å². The van der Waals surface area contributed by atoms with Crippen LogP contribution in [0.5, 0.6) is 0 Å². The molecule has 0 unspecified atom stereocenters. The minimum atomic E-state index is -0.420. The molecule has 0 saturated carbocycles. The van der Waals surface area contributed by atoms with Crippen molar-refractivity contribution in [3.05, 3.63) is 133 Å². The lowest BCUT2D eigenvalue weighted by Gasteiger charge is -2.09. The zero-order chi connectivity index (χ0) is 30.1. The highest BCUT2D eigenvalue weighted by atomic mass is 16.3. The van der Waals surface area contributed by atoms with Gasteiger partial charge >= 0.3 is 0 Å². The Bertz CT molecular complexity index is 2400. The zero-order valence-electron chi connectivity index (χ0n) is 25.6. The third kappa shape index (κ3) is 3.52. The van der Waals surface area contributed by atoms with Gasteiger partial charge in [-0.1, -0.05) is 96.9 Å². The quantitative estimate of drug-likeness (QED) is 0.258. The maximum absolute atomic E-state index is 8.57. The van der Waals surface area contributed by atoms with Crippen LogP contribution in [0.15, 0.2) is 142 Å². The predicted molar refractivity (Wildman–Crippen MR) is 162 cm³/mol. The van der Waals surface area contributed by atoms with Crippen LogP contribution in [0.4, 0.5) is 11.4 Å². The molecule has 6 aromatic carbocycles. The largest absolute Gasteiger partial charge is 0.456 e. The number of fused-ring (bicyclic) bond motifs is 6. The fourth-order valence-electron chi connectivity index (χ4n) is 5.43. The van der Waals surface area contributed by atoms with E-state index >= 15 is 0 Å². The molecule has 0 atom stereocenters. The van der Waals surface area contributed by atoms with Crippen molar-refractivity contribution in [2.45, 2.75) is 0 Å². The summed E-state index contributed by atoms with van der Waals surface area (Å²) in [6, 6.07) is 31.8. The molecule has 3 heteroatoms. The van der Waals surface area contributed by atoms with Crippen LogP contribution < -0.4 is 5.32 Å². The molecule has 0 aliphatic rings. The first-order valence-electron chi connectivity index (χ1n) is 15.2. The summed E-state index contributed by atoms with van der Waals surface area (Å²) in [5, 5.41) is 6.98. The Kier molecular flexibility index (Phi) is 3.83. The zero-order valence-corrected chi connectivity index (χ0v) is 20.6. The van der Waals surface area contributed by atoms with Gasteiger partial charge in [0.05, 0.1) is 23.6 Å². The summed E-state index contributed by atoms with van der Waals surface area (Å²) in [6.07, 6.45) is 0. The number of furan rings is 2. The van der Waals surface area contributed by atoms with Crippen LogP contribution in [0.25, 0.3) is 66.1 Å². The van der Waals surface area contributed by atoms with Gasteiger partial charge in [-0.05, 0) is 58.7 Å². The molecule has 8 aromatic rings. The van der Waals surface area contributed by atoms with Gasteiger partial charge in [0.15, 0.2) is 5.58 Å². The van der Waals surface area contributed by atoms with Gasteiger partial charge in [-0.15, -0.1) is 0 Å². The van der Waals surface area contributed by atoms with Crippen molar-refractivity contribution < 1.29 is 15.7 Å². The molecule has 2 heterocycles. The molecule has 0 aliphatic carbocycles. The van der Waals surface area contributed by atoms with E-state index in [2.05, 4.69) is 29.6 Å². The highest BCUT2D eigenvalue weighted by Gasteiger charge is 2.17. The molecule has 3 nitrogen and oxygen atoms in total. The van der Waals surface area contributed by atoms with Gasteiger partial charge in [-0.25, -0.2) is 0 Å². The number of para-hydroxylation sites is 1. The van der Waals surface area contributed by atoms with Crippen molar-refractivity contribution in [1.29, 1.82) is 0 Å². The first kappa shape index (κ1) is 17.3. The van der Waals surface area contributed by atoms with Gasteiger partial charge in [0, 0.05) is 16.2 Å². The average molecular weight is 507 g/mol. The minimum Gasteiger partial charge on any atom is -0.456 e. The summed E-state index contributed by atoms with van der Waals surface area (Å²) in [6.45, 7) is 0. The molecule has 0 amide bonds. The van der Waals surface area contributed by atoms with Crippen molar-refractivity contribution in [2.75, 3.05) is 5.32 Å². The molecular formula is C36H23NO2.